The molecule has 7 heteroatoms. The Balaban J connectivity index is 0.00000124. The van der Waals surface area contributed by atoms with Crippen LogP contribution >= 0.6 is 11.6 Å². The van der Waals surface area contributed by atoms with Gasteiger partial charge in [0.15, 0.2) is 6.61 Å². The summed E-state index contributed by atoms with van der Waals surface area (Å²) in [6.45, 7) is 3.70. The van der Waals surface area contributed by atoms with E-state index in [0.717, 1.165) is 10.8 Å². The van der Waals surface area contributed by atoms with Gasteiger partial charge < -0.3 is 15.5 Å². The van der Waals surface area contributed by atoms with Crippen LogP contribution in [-0.4, -0.2) is 23.3 Å². The lowest BCUT2D eigenvalue weighted by Gasteiger charge is -2.11. The fourth-order valence-electron chi connectivity index (χ4n) is 3.11. The third kappa shape index (κ3) is 4.28. The number of carbonyl (C=O) groups excluding carboxylic acids is 2. The molecule has 4 rings (SSSR count). The number of carbonyl (C=O) groups is 2. The monoisotopic (exact) mass is 426 g/mol. The number of aromatic nitrogens is 1. The zero-order valence-corrected chi connectivity index (χ0v) is 17.2. The first-order valence-corrected chi connectivity index (χ1v) is 9.76. The third-order valence-electron chi connectivity index (χ3n) is 4.47. The number of fused-ring (bicyclic) bond motifs is 2. The normalized spacial score (nSPS) is 10.5. The minimum Gasteiger partial charge on any atom is -0.485 e. The van der Waals surface area contributed by atoms with Crippen LogP contribution in [0.2, 0.25) is 5.02 Å². The maximum atomic E-state index is 13.3. The number of amides is 1. The number of ether oxygens (including phenoxy) is 1. The van der Waals surface area contributed by atoms with Gasteiger partial charge in [0.05, 0.1) is 5.56 Å². The molecule has 0 bridgehead atoms. The molecule has 1 amide bonds. The number of ketones is 1. The molecule has 3 N–H and O–H groups in total. The van der Waals surface area contributed by atoms with Gasteiger partial charge in [-0.25, -0.2) is 4.39 Å². The lowest BCUT2D eigenvalue weighted by Crippen LogP contribution is -2.16. The predicted octanol–water partition coefficient (Wildman–Crippen LogP) is 5.50. The number of nitrogens with two attached hydrogens (primary N) is 1. The molecule has 0 aliphatic heterocycles. The third-order valence-corrected chi connectivity index (χ3v) is 4.70. The minimum absolute atomic E-state index is 0.156. The summed E-state index contributed by atoms with van der Waals surface area (Å²) < 4.78 is 18.9. The first kappa shape index (κ1) is 21.3. The molecule has 1 heterocycles. The molecule has 3 aromatic carbocycles. The number of hydrogen-bond donors (Lipinski definition) is 2. The van der Waals surface area contributed by atoms with Crippen LogP contribution in [0.25, 0.3) is 21.7 Å². The van der Waals surface area contributed by atoms with E-state index in [2.05, 4.69) is 4.98 Å². The van der Waals surface area contributed by atoms with Crippen LogP contribution in [0.4, 0.5) is 4.39 Å². The molecule has 0 unspecified atom stereocenters. The molecule has 0 saturated carbocycles. The number of nitrogens with one attached hydrogen (secondary N) is 1. The Morgan fingerprint density at radius 3 is 2.53 bits per heavy atom. The average Bonchev–Trinajstić information content (AvgIpc) is 3.15. The molecule has 154 valence electrons. The fraction of sp³-hybridized carbons (Fsp3) is 0.130. The molecule has 0 radical (unpaired) electrons. The van der Waals surface area contributed by atoms with Gasteiger partial charge >= 0.3 is 0 Å². The molecular weight excluding hydrogens is 407 g/mol. The Labute approximate surface area is 177 Å². The number of halogens is 2. The molecule has 0 aliphatic rings. The van der Waals surface area contributed by atoms with Gasteiger partial charge in [0.1, 0.15) is 11.6 Å². The smallest absolute Gasteiger partial charge is 0.252 e. The van der Waals surface area contributed by atoms with Crippen LogP contribution < -0.4 is 10.5 Å². The zero-order valence-electron chi connectivity index (χ0n) is 16.5. The lowest BCUT2D eigenvalue weighted by atomic mass is 10.1. The molecule has 0 aliphatic carbocycles. The van der Waals surface area contributed by atoms with Crippen LogP contribution in [-0.2, 0) is 0 Å². The summed E-state index contributed by atoms with van der Waals surface area (Å²) in [5.41, 5.74) is 6.51. The molecule has 0 saturated heterocycles. The van der Waals surface area contributed by atoms with E-state index in [1.807, 2.05) is 13.8 Å². The summed E-state index contributed by atoms with van der Waals surface area (Å²) in [5.74, 6) is -1.18. The van der Waals surface area contributed by atoms with E-state index in [-0.39, 0.29) is 23.7 Å². The highest BCUT2D eigenvalue weighted by atomic mass is 35.5. The fourth-order valence-corrected chi connectivity index (χ4v) is 3.29. The Kier molecular flexibility index (Phi) is 6.37. The number of benzene rings is 3. The summed E-state index contributed by atoms with van der Waals surface area (Å²) in [6.07, 6.45) is 1.51. The highest BCUT2D eigenvalue weighted by Gasteiger charge is 2.16. The molecule has 4 aromatic rings. The largest absolute Gasteiger partial charge is 0.485 e. The molecular formula is C23H20ClFN2O3. The standard InChI is InChI=1S/C21H14ClFN2O3.C2H6/c22-13-2-1-11-7-20(16(21(24)27)6-12(11)5-13)28-10-19(26)17-9-25-18-8-14(23)3-4-15(17)18;1-2/h1-9,25H,10H2,(H2,24,27);1-2H3. The topological polar surface area (TPSA) is 85.2 Å². The van der Waals surface area contributed by atoms with Gasteiger partial charge in [-0.15, -0.1) is 0 Å². The second-order valence-electron chi connectivity index (χ2n) is 6.31. The summed E-state index contributed by atoms with van der Waals surface area (Å²) in [5, 5.41) is 2.65. The second kappa shape index (κ2) is 8.97. The second-order valence-corrected chi connectivity index (χ2v) is 6.74. The van der Waals surface area contributed by atoms with Gasteiger partial charge in [-0.05, 0) is 53.2 Å². The molecule has 0 spiro atoms. The van der Waals surface area contributed by atoms with Crippen molar-refractivity contribution in [3.63, 3.8) is 0 Å². The molecule has 5 nitrogen and oxygen atoms in total. The van der Waals surface area contributed by atoms with Crippen LogP contribution in [0.5, 0.6) is 5.75 Å². The summed E-state index contributed by atoms with van der Waals surface area (Å²) in [6, 6.07) is 12.6. The Bertz CT molecular complexity index is 1250. The maximum absolute atomic E-state index is 13.3. The number of primary amides is 1. The zero-order chi connectivity index (χ0) is 21.8. The van der Waals surface area contributed by atoms with Crippen molar-refractivity contribution in [2.24, 2.45) is 5.73 Å². The van der Waals surface area contributed by atoms with Crippen molar-refractivity contribution in [1.82, 2.24) is 4.98 Å². The maximum Gasteiger partial charge on any atom is 0.252 e. The first-order chi connectivity index (χ1) is 14.4. The van der Waals surface area contributed by atoms with E-state index in [9.17, 15) is 14.0 Å². The van der Waals surface area contributed by atoms with E-state index in [1.165, 1.54) is 24.4 Å². The van der Waals surface area contributed by atoms with Gasteiger partial charge in [0.2, 0.25) is 5.78 Å². The highest BCUT2D eigenvalue weighted by Crippen LogP contribution is 2.28. The molecule has 0 atom stereocenters. The lowest BCUT2D eigenvalue weighted by molar-refractivity contribution is 0.0914. The Hall–Kier alpha value is -3.38. The summed E-state index contributed by atoms with van der Waals surface area (Å²) in [7, 11) is 0. The predicted molar refractivity (Wildman–Crippen MR) is 117 cm³/mol. The van der Waals surface area contributed by atoms with Crippen LogP contribution in [0.1, 0.15) is 34.6 Å². The Morgan fingerprint density at radius 1 is 1.03 bits per heavy atom. The van der Waals surface area contributed by atoms with Crippen molar-refractivity contribution >= 4 is 45.0 Å². The van der Waals surface area contributed by atoms with Crippen molar-refractivity contribution < 1.29 is 18.7 Å². The van der Waals surface area contributed by atoms with Gasteiger partial charge in [0.25, 0.3) is 5.91 Å². The van der Waals surface area contributed by atoms with E-state index >= 15 is 0 Å². The minimum atomic E-state index is -0.674. The SMILES string of the molecule is CC.NC(=O)c1cc2cc(Cl)ccc2cc1OCC(=O)c1c[nH]c2cc(F)ccc12. The van der Waals surface area contributed by atoms with Crippen molar-refractivity contribution in [1.29, 1.82) is 0 Å². The van der Waals surface area contributed by atoms with E-state index in [4.69, 9.17) is 22.1 Å². The van der Waals surface area contributed by atoms with Gasteiger partial charge in [0, 0.05) is 27.7 Å². The van der Waals surface area contributed by atoms with Gasteiger partial charge in [-0.1, -0.05) is 31.5 Å². The molecule has 1 aromatic heterocycles. The number of hydrogen-bond acceptors (Lipinski definition) is 3. The van der Waals surface area contributed by atoms with E-state index in [1.54, 1.807) is 30.3 Å². The highest BCUT2D eigenvalue weighted by molar-refractivity contribution is 6.31. The number of rotatable bonds is 5. The van der Waals surface area contributed by atoms with Crippen molar-refractivity contribution in [3.8, 4) is 5.75 Å². The van der Waals surface area contributed by atoms with Crippen LogP contribution in [0.3, 0.4) is 0 Å². The van der Waals surface area contributed by atoms with E-state index in [0.29, 0.717) is 21.5 Å². The van der Waals surface area contributed by atoms with Crippen LogP contribution in [0, 0.1) is 5.82 Å². The Morgan fingerprint density at radius 2 is 1.80 bits per heavy atom. The average molecular weight is 427 g/mol. The summed E-state index contributed by atoms with van der Waals surface area (Å²) >= 11 is 5.99. The van der Waals surface area contributed by atoms with Gasteiger partial charge in [-0.2, -0.15) is 0 Å². The number of aromatic amines is 1. The van der Waals surface area contributed by atoms with Crippen molar-refractivity contribution in [3.05, 3.63) is 76.7 Å². The van der Waals surface area contributed by atoms with Gasteiger partial charge in [-0.3, -0.25) is 9.59 Å². The molecule has 30 heavy (non-hydrogen) atoms. The van der Waals surface area contributed by atoms with E-state index < -0.39 is 11.7 Å². The van der Waals surface area contributed by atoms with Crippen LogP contribution in [0.15, 0.2) is 54.7 Å². The quantitative estimate of drug-likeness (QED) is 0.413. The molecule has 0 fully saturated rings. The number of Topliss-reactive ketones (excluding diaryl/α,β-unsaturated/α-hetero) is 1. The first-order valence-electron chi connectivity index (χ1n) is 9.38. The van der Waals surface area contributed by atoms with Crippen molar-refractivity contribution in [2.45, 2.75) is 13.8 Å². The summed E-state index contributed by atoms with van der Waals surface area (Å²) in [4.78, 5) is 27.3. The van der Waals surface area contributed by atoms with Crippen molar-refractivity contribution in [2.75, 3.05) is 6.61 Å². The number of H-pyrrole nitrogens is 1.